The monoisotopic (exact) mass is 286 g/mol. The molecular weight excluding hydrogens is 260 g/mol. The quantitative estimate of drug-likeness (QED) is 0.685. The van der Waals surface area contributed by atoms with Crippen molar-refractivity contribution in [2.24, 2.45) is 10.4 Å². The molecule has 2 heterocycles. The topological polar surface area (TPSA) is 40.5 Å². The van der Waals surface area contributed by atoms with Crippen LogP contribution in [0.2, 0.25) is 0 Å². The van der Waals surface area contributed by atoms with Crippen LogP contribution in [0, 0.1) is 5.41 Å². The van der Waals surface area contributed by atoms with Gasteiger partial charge in [-0.15, -0.1) is 0 Å². The summed E-state index contributed by atoms with van der Waals surface area (Å²) in [6, 6.07) is 6.08. The van der Waals surface area contributed by atoms with E-state index >= 15 is 0 Å². The third kappa shape index (κ3) is 3.36. The van der Waals surface area contributed by atoms with Gasteiger partial charge in [-0.1, -0.05) is 18.9 Å². The fourth-order valence-corrected chi connectivity index (χ4v) is 3.83. The lowest BCUT2D eigenvalue weighted by molar-refractivity contribution is 0.309. The minimum absolute atomic E-state index is 0.596. The normalized spacial score (nSPS) is 21.2. The molecule has 0 amide bonds. The first-order valence-corrected chi connectivity index (χ1v) is 8.17. The van der Waals surface area contributed by atoms with E-state index in [0.717, 1.165) is 31.2 Å². The zero-order valence-electron chi connectivity index (χ0n) is 13.0. The highest BCUT2D eigenvalue weighted by Crippen LogP contribution is 2.45. The van der Waals surface area contributed by atoms with E-state index in [0.29, 0.717) is 5.41 Å². The van der Waals surface area contributed by atoms with Crippen LogP contribution in [-0.4, -0.2) is 42.5 Å². The molecule has 1 aliphatic carbocycles. The molecule has 1 N–H and O–H groups in total. The van der Waals surface area contributed by atoms with Gasteiger partial charge >= 0.3 is 0 Å². The minimum atomic E-state index is 0.596. The standard InChI is InChI=1S/C17H26N4/c1-18-16(20-12-7-15-6-2-5-11-19-15)21-13-10-17(14-21)8-3-4-9-17/h2,5-6,11H,3-4,7-10,12-14H2,1H3,(H,18,20). The Morgan fingerprint density at radius 3 is 2.90 bits per heavy atom. The van der Waals surface area contributed by atoms with Gasteiger partial charge in [-0.3, -0.25) is 9.98 Å². The number of nitrogens with zero attached hydrogens (tertiary/aromatic N) is 3. The Kier molecular flexibility index (Phi) is 4.42. The van der Waals surface area contributed by atoms with E-state index in [-0.39, 0.29) is 0 Å². The van der Waals surface area contributed by atoms with E-state index in [1.54, 1.807) is 0 Å². The number of aromatic nitrogens is 1. The summed E-state index contributed by atoms with van der Waals surface area (Å²) in [6.45, 7) is 3.24. The SMILES string of the molecule is CN=C(NCCc1ccccn1)N1CCC2(CCCC2)C1. The van der Waals surface area contributed by atoms with Gasteiger partial charge < -0.3 is 10.2 Å². The average molecular weight is 286 g/mol. The van der Waals surface area contributed by atoms with Gasteiger partial charge in [-0.2, -0.15) is 0 Å². The molecule has 1 aliphatic heterocycles. The highest BCUT2D eigenvalue weighted by atomic mass is 15.3. The van der Waals surface area contributed by atoms with Crippen LogP contribution in [0.15, 0.2) is 29.4 Å². The summed E-state index contributed by atoms with van der Waals surface area (Å²) >= 11 is 0. The summed E-state index contributed by atoms with van der Waals surface area (Å²) in [5.41, 5.74) is 1.73. The second-order valence-electron chi connectivity index (χ2n) is 6.42. The van der Waals surface area contributed by atoms with E-state index in [2.05, 4.69) is 26.3 Å². The maximum absolute atomic E-state index is 4.47. The zero-order chi connectivity index (χ0) is 14.5. The first-order valence-electron chi connectivity index (χ1n) is 8.17. The molecule has 2 fully saturated rings. The predicted octanol–water partition coefficient (Wildman–Crippen LogP) is 2.47. The largest absolute Gasteiger partial charge is 0.356 e. The van der Waals surface area contributed by atoms with Crippen LogP contribution in [0.25, 0.3) is 0 Å². The summed E-state index contributed by atoms with van der Waals surface area (Å²) in [6.07, 6.45) is 9.79. The number of pyridine rings is 1. The smallest absolute Gasteiger partial charge is 0.193 e. The minimum Gasteiger partial charge on any atom is -0.356 e. The number of guanidine groups is 1. The van der Waals surface area contributed by atoms with Crippen molar-refractivity contribution in [1.82, 2.24) is 15.2 Å². The summed E-state index contributed by atoms with van der Waals surface area (Å²) in [5.74, 6) is 1.06. The molecule has 1 aromatic heterocycles. The Bertz CT molecular complexity index is 477. The van der Waals surface area contributed by atoms with Crippen LogP contribution >= 0.6 is 0 Å². The lowest BCUT2D eigenvalue weighted by atomic mass is 9.86. The van der Waals surface area contributed by atoms with E-state index in [1.807, 2.05) is 25.4 Å². The number of likely N-dealkylation sites (tertiary alicyclic amines) is 1. The fraction of sp³-hybridized carbons (Fsp3) is 0.647. The molecule has 1 saturated heterocycles. The van der Waals surface area contributed by atoms with Crippen molar-refractivity contribution in [1.29, 1.82) is 0 Å². The lowest BCUT2D eigenvalue weighted by Crippen LogP contribution is -2.41. The second kappa shape index (κ2) is 6.46. The van der Waals surface area contributed by atoms with E-state index in [4.69, 9.17) is 0 Å². The van der Waals surface area contributed by atoms with E-state index < -0.39 is 0 Å². The molecule has 4 nitrogen and oxygen atoms in total. The Morgan fingerprint density at radius 1 is 1.33 bits per heavy atom. The van der Waals surface area contributed by atoms with Crippen LogP contribution in [0.1, 0.15) is 37.8 Å². The molecule has 114 valence electrons. The van der Waals surface area contributed by atoms with Crippen LogP contribution < -0.4 is 5.32 Å². The zero-order valence-corrected chi connectivity index (χ0v) is 13.0. The van der Waals surface area contributed by atoms with Crippen LogP contribution in [0.3, 0.4) is 0 Å². The molecule has 3 rings (SSSR count). The van der Waals surface area contributed by atoms with Crippen molar-refractivity contribution in [3.05, 3.63) is 30.1 Å². The molecule has 21 heavy (non-hydrogen) atoms. The van der Waals surface area contributed by atoms with Gasteiger partial charge in [0.05, 0.1) is 0 Å². The molecule has 1 aromatic rings. The van der Waals surface area contributed by atoms with Gasteiger partial charge in [-0.25, -0.2) is 0 Å². The summed E-state index contributed by atoms with van der Waals surface area (Å²) in [4.78, 5) is 11.3. The highest BCUT2D eigenvalue weighted by molar-refractivity contribution is 5.80. The molecule has 0 radical (unpaired) electrons. The van der Waals surface area contributed by atoms with Gasteiger partial charge in [0.1, 0.15) is 0 Å². The Hall–Kier alpha value is -1.58. The number of aliphatic imine (C=N–C) groups is 1. The Labute approximate surface area is 127 Å². The van der Waals surface area contributed by atoms with Gasteiger partial charge in [0.15, 0.2) is 5.96 Å². The van der Waals surface area contributed by atoms with Crippen molar-refractivity contribution >= 4 is 5.96 Å². The summed E-state index contributed by atoms with van der Waals surface area (Å²) in [7, 11) is 1.89. The van der Waals surface area contributed by atoms with Crippen molar-refractivity contribution in [2.75, 3.05) is 26.7 Å². The first-order chi connectivity index (χ1) is 10.3. The molecule has 0 aromatic carbocycles. The van der Waals surface area contributed by atoms with Crippen LogP contribution in [-0.2, 0) is 6.42 Å². The van der Waals surface area contributed by atoms with E-state index in [1.165, 1.54) is 38.6 Å². The average Bonchev–Trinajstić information content (AvgIpc) is 3.15. The molecule has 2 aliphatic rings. The van der Waals surface area contributed by atoms with Gasteiger partial charge in [0, 0.05) is 45.0 Å². The molecular formula is C17H26N4. The third-order valence-electron chi connectivity index (χ3n) is 5.00. The molecule has 4 heteroatoms. The third-order valence-corrected chi connectivity index (χ3v) is 5.00. The van der Waals surface area contributed by atoms with Gasteiger partial charge in [0.25, 0.3) is 0 Å². The molecule has 0 unspecified atom stereocenters. The summed E-state index contributed by atoms with van der Waals surface area (Å²) < 4.78 is 0. The lowest BCUT2D eigenvalue weighted by Gasteiger charge is -2.25. The maximum Gasteiger partial charge on any atom is 0.193 e. The number of nitrogens with one attached hydrogen (secondary N) is 1. The van der Waals surface area contributed by atoms with Crippen LogP contribution in [0.4, 0.5) is 0 Å². The van der Waals surface area contributed by atoms with Crippen LogP contribution in [0.5, 0.6) is 0 Å². The molecule has 1 saturated carbocycles. The first kappa shape index (κ1) is 14.4. The Morgan fingerprint density at radius 2 is 2.19 bits per heavy atom. The molecule has 0 bridgehead atoms. The number of hydrogen-bond donors (Lipinski definition) is 1. The summed E-state index contributed by atoms with van der Waals surface area (Å²) in [5, 5.41) is 3.50. The van der Waals surface area contributed by atoms with Crippen molar-refractivity contribution < 1.29 is 0 Å². The predicted molar refractivity (Wildman–Crippen MR) is 86.4 cm³/mol. The van der Waals surface area contributed by atoms with Crippen molar-refractivity contribution in [3.63, 3.8) is 0 Å². The van der Waals surface area contributed by atoms with Gasteiger partial charge in [0.2, 0.25) is 0 Å². The molecule has 0 atom stereocenters. The Balaban J connectivity index is 1.50. The van der Waals surface area contributed by atoms with Crippen molar-refractivity contribution in [3.8, 4) is 0 Å². The van der Waals surface area contributed by atoms with E-state index in [9.17, 15) is 0 Å². The number of hydrogen-bond acceptors (Lipinski definition) is 2. The molecule has 1 spiro atoms. The fourth-order valence-electron chi connectivity index (χ4n) is 3.83. The highest BCUT2D eigenvalue weighted by Gasteiger charge is 2.40. The number of rotatable bonds is 3. The second-order valence-corrected chi connectivity index (χ2v) is 6.42. The maximum atomic E-state index is 4.47. The van der Waals surface area contributed by atoms with Crippen molar-refractivity contribution in [2.45, 2.75) is 38.5 Å². The van der Waals surface area contributed by atoms with Gasteiger partial charge in [-0.05, 0) is 36.8 Å².